The number of hydrogen-bond donors (Lipinski definition) is 0. The molecule has 0 atom stereocenters. The Morgan fingerprint density at radius 1 is 1.10 bits per heavy atom. The highest BCUT2D eigenvalue weighted by molar-refractivity contribution is 6.35. The third-order valence-electron chi connectivity index (χ3n) is 3.16. The van der Waals surface area contributed by atoms with Gasteiger partial charge in [-0.2, -0.15) is 0 Å². The van der Waals surface area contributed by atoms with Gasteiger partial charge in [0.15, 0.2) is 11.6 Å². The van der Waals surface area contributed by atoms with Crippen molar-refractivity contribution in [3.05, 3.63) is 59.5 Å². The number of rotatable bonds is 2. The van der Waals surface area contributed by atoms with E-state index in [9.17, 15) is 4.39 Å². The van der Waals surface area contributed by atoms with Crippen LogP contribution in [0.1, 0.15) is 0 Å². The third-order valence-corrected chi connectivity index (χ3v) is 3.49. The lowest BCUT2D eigenvalue weighted by molar-refractivity contribution is 0.386. The molecule has 3 aromatic rings. The van der Waals surface area contributed by atoms with Gasteiger partial charge in [0.25, 0.3) is 0 Å². The summed E-state index contributed by atoms with van der Waals surface area (Å²) in [5.41, 5.74) is 2.36. The van der Waals surface area contributed by atoms with E-state index in [0.717, 1.165) is 22.0 Å². The first-order valence-electron chi connectivity index (χ1n) is 6.07. The van der Waals surface area contributed by atoms with Crippen LogP contribution < -0.4 is 4.74 Å². The van der Waals surface area contributed by atoms with E-state index in [1.54, 1.807) is 18.3 Å². The van der Waals surface area contributed by atoms with Gasteiger partial charge in [-0.15, -0.1) is 0 Å². The topological polar surface area (TPSA) is 22.1 Å². The summed E-state index contributed by atoms with van der Waals surface area (Å²) in [4.78, 5) is 4.35. The summed E-state index contributed by atoms with van der Waals surface area (Å²) < 4.78 is 18.7. The lowest BCUT2D eigenvalue weighted by Crippen LogP contribution is -1.89. The van der Waals surface area contributed by atoms with Crippen LogP contribution in [-0.4, -0.2) is 12.1 Å². The van der Waals surface area contributed by atoms with Crippen LogP contribution in [-0.2, 0) is 0 Å². The molecule has 1 aromatic heterocycles. The summed E-state index contributed by atoms with van der Waals surface area (Å²) in [6.45, 7) is 0. The van der Waals surface area contributed by atoms with Gasteiger partial charge in [0, 0.05) is 22.2 Å². The van der Waals surface area contributed by atoms with E-state index in [1.165, 1.54) is 13.2 Å². The Morgan fingerprint density at radius 2 is 1.95 bits per heavy atom. The van der Waals surface area contributed by atoms with E-state index < -0.39 is 5.82 Å². The normalized spacial score (nSPS) is 10.8. The highest BCUT2D eigenvalue weighted by Crippen LogP contribution is 2.29. The van der Waals surface area contributed by atoms with E-state index in [-0.39, 0.29) is 5.75 Å². The summed E-state index contributed by atoms with van der Waals surface area (Å²) in [6.07, 6.45) is 1.71. The second-order valence-electron chi connectivity index (χ2n) is 4.38. The van der Waals surface area contributed by atoms with Gasteiger partial charge in [0.05, 0.1) is 12.6 Å². The average molecular weight is 288 g/mol. The Labute approximate surface area is 120 Å². The van der Waals surface area contributed by atoms with Crippen LogP contribution in [0.5, 0.6) is 5.75 Å². The van der Waals surface area contributed by atoms with Crippen LogP contribution in [0.15, 0.2) is 48.7 Å². The standard InChI is InChI=1S/C16H11ClFNO/c1-20-16-6-5-10(8-14(16)18)11-7-12-13(17)3-2-4-15(12)19-9-11/h2-9H,1H3. The van der Waals surface area contributed by atoms with Gasteiger partial charge in [-0.3, -0.25) is 4.98 Å². The molecule has 0 amide bonds. The van der Waals surface area contributed by atoms with Crippen molar-refractivity contribution in [2.24, 2.45) is 0 Å². The molecule has 0 spiro atoms. The van der Waals surface area contributed by atoms with Crippen LogP contribution in [0.2, 0.25) is 5.02 Å². The molecule has 3 rings (SSSR count). The van der Waals surface area contributed by atoms with Gasteiger partial charge < -0.3 is 4.74 Å². The van der Waals surface area contributed by atoms with Crippen molar-refractivity contribution in [2.45, 2.75) is 0 Å². The molecule has 0 saturated carbocycles. The van der Waals surface area contributed by atoms with Gasteiger partial charge >= 0.3 is 0 Å². The molecule has 0 aliphatic carbocycles. The minimum absolute atomic E-state index is 0.223. The molecule has 100 valence electrons. The van der Waals surface area contributed by atoms with Crippen LogP contribution in [0, 0.1) is 5.82 Å². The fraction of sp³-hybridized carbons (Fsp3) is 0.0625. The quantitative estimate of drug-likeness (QED) is 0.681. The molecular formula is C16H11ClFNO. The van der Waals surface area contributed by atoms with Crippen molar-refractivity contribution in [3.63, 3.8) is 0 Å². The van der Waals surface area contributed by atoms with Crippen LogP contribution >= 0.6 is 11.6 Å². The zero-order valence-corrected chi connectivity index (χ0v) is 11.5. The molecule has 0 N–H and O–H groups in total. The SMILES string of the molecule is COc1ccc(-c2cnc3cccc(Cl)c3c2)cc1F. The maximum Gasteiger partial charge on any atom is 0.165 e. The molecule has 0 radical (unpaired) electrons. The number of methoxy groups -OCH3 is 1. The van der Waals surface area contributed by atoms with Crippen molar-refractivity contribution in [2.75, 3.05) is 7.11 Å². The van der Waals surface area contributed by atoms with Gasteiger partial charge in [0.1, 0.15) is 0 Å². The number of pyridine rings is 1. The number of nitrogens with zero attached hydrogens (tertiary/aromatic N) is 1. The van der Waals surface area contributed by atoms with Crippen molar-refractivity contribution in [1.82, 2.24) is 4.98 Å². The monoisotopic (exact) mass is 287 g/mol. The van der Waals surface area contributed by atoms with Crippen LogP contribution in [0.25, 0.3) is 22.0 Å². The highest BCUT2D eigenvalue weighted by atomic mass is 35.5. The Kier molecular flexibility index (Phi) is 3.28. The molecule has 0 saturated heterocycles. The highest BCUT2D eigenvalue weighted by Gasteiger charge is 2.07. The third kappa shape index (κ3) is 2.21. The first-order valence-corrected chi connectivity index (χ1v) is 6.45. The average Bonchev–Trinajstić information content (AvgIpc) is 2.47. The molecule has 2 aromatic carbocycles. The van der Waals surface area contributed by atoms with E-state index in [1.807, 2.05) is 24.3 Å². The molecule has 4 heteroatoms. The second-order valence-corrected chi connectivity index (χ2v) is 4.79. The Morgan fingerprint density at radius 3 is 2.70 bits per heavy atom. The number of halogens is 2. The first kappa shape index (κ1) is 12.9. The van der Waals surface area contributed by atoms with E-state index >= 15 is 0 Å². The minimum atomic E-state index is -0.399. The van der Waals surface area contributed by atoms with E-state index in [0.29, 0.717) is 5.02 Å². The maximum absolute atomic E-state index is 13.8. The molecule has 1 heterocycles. The molecular weight excluding hydrogens is 277 g/mol. The number of ether oxygens (including phenoxy) is 1. The summed E-state index contributed by atoms with van der Waals surface area (Å²) in [5, 5.41) is 1.48. The minimum Gasteiger partial charge on any atom is -0.494 e. The predicted octanol–water partition coefficient (Wildman–Crippen LogP) is 4.70. The maximum atomic E-state index is 13.8. The van der Waals surface area contributed by atoms with Crippen molar-refractivity contribution < 1.29 is 9.13 Å². The summed E-state index contributed by atoms with van der Waals surface area (Å²) >= 11 is 6.16. The van der Waals surface area contributed by atoms with Crippen molar-refractivity contribution >= 4 is 22.5 Å². The molecule has 2 nitrogen and oxygen atoms in total. The number of benzene rings is 2. The smallest absolute Gasteiger partial charge is 0.165 e. The Bertz CT molecular complexity index is 789. The van der Waals surface area contributed by atoms with Crippen LogP contribution in [0.3, 0.4) is 0 Å². The van der Waals surface area contributed by atoms with Gasteiger partial charge in [-0.1, -0.05) is 23.7 Å². The molecule has 0 bridgehead atoms. The summed E-state index contributed by atoms with van der Waals surface area (Å²) in [6, 6.07) is 12.3. The van der Waals surface area contributed by atoms with Crippen LogP contribution in [0.4, 0.5) is 4.39 Å². The molecule has 0 aliphatic rings. The van der Waals surface area contributed by atoms with Gasteiger partial charge in [-0.25, -0.2) is 4.39 Å². The zero-order chi connectivity index (χ0) is 14.1. The summed E-state index contributed by atoms with van der Waals surface area (Å²) in [7, 11) is 1.44. The van der Waals surface area contributed by atoms with E-state index in [4.69, 9.17) is 16.3 Å². The zero-order valence-electron chi connectivity index (χ0n) is 10.7. The largest absolute Gasteiger partial charge is 0.494 e. The van der Waals surface area contributed by atoms with E-state index in [2.05, 4.69) is 4.98 Å². The number of fused-ring (bicyclic) bond motifs is 1. The molecule has 0 aliphatic heterocycles. The van der Waals surface area contributed by atoms with Crippen molar-refractivity contribution in [1.29, 1.82) is 0 Å². The Balaban J connectivity index is 2.14. The number of hydrogen-bond acceptors (Lipinski definition) is 2. The predicted molar refractivity (Wildman–Crippen MR) is 78.7 cm³/mol. The second kappa shape index (κ2) is 5.10. The molecule has 0 unspecified atom stereocenters. The Hall–Kier alpha value is -2.13. The lowest BCUT2D eigenvalue weighted by Gasteiger charge is -2.07. The molecule has 0 fully saturated rings. The fourth-order valence-corrected chi connectivity index (χ4v) is 2.34. The lowest BCUT2D eigenvalue weighted by atomic mass is 10.1. The molecule has 20 heavy (non-hydrogen) atoms. The fourth-order valence-electron chi connectivity index (χ4n) is 2.12. The number of aromatic nitrogens is 1. The first-order chi connectivity index (χ1) is 9.69. The van der Waals surface area contributed by atoms with Gasteiger partial charge in [0.2, 0.25) is 0 Å². The van der Waals surface area contributed by atoms with Crippen molar-refractivity contribution in [3.8, 4) is 16.9 Å². The summed E-state index contributed by atoms with van der Waals surface area (Å²) in [5.74, 6) is -0.176. The van der Waals surface area contributed by atoms with Gasteiger partial charge in [-0.05, 0) is 35.9 Å².